The van der Waals surface area contributed by atoms with Crippen LogP contribution in [0.15, 0.2) is 16.8 Å². The van der Waals surface area contributed by atoms with Gasteiger partial charge in [0.05, 0.1) is 12.2 Å². The summed E-state index contributed by atoms with van der Waals surface area (Å²) in [6.45, 7) is 6.57. The van der Waals surface area contributed by atoms with Crippen LogP contribution in [0, 0.1) is 20.8 Å². The van der Waals surface area contributed by atoms with Gasteiger partial charge in [-0.05, 0) is 32.4 Å². The Morgan fingerprint density at radius 1 is 1.29 bits per heavy atom. The quantitative estimate of drug-likeness (QED) is 0.695. The maximum absolute atomic E-state index is 5.92. The Morgan fingerprint density at radius 3 is 2.76 bits per heavy atom. The maximum Gasteiger partial charge on any atom is 0.160 e. The first kappa shape index (κ1) is 14.1. The van der Waals surface area contributed by atoms with E-state index in [1.165, 1.54) is 0 Å². The third-order valence-electron chi connectivity index (χ3n) is 3.73. The van der Waals surface area contributed by atoms with Gasteiger partial charge in [0.25, 0.3) is 0 Å². The molecule has 6 heteroatoms. The van der Waals surface area contributed by atoms with Crippen LogP contribution >= 0.6 is 11.6 Å². The zero-order chi connectivity index (χ0) is 15.0. The summed E-state index contributed by atoms with van der Waals surface area (Å²) < 4.78 is 7.36. The van der Waals surface area contributed by atoms with E-state index in [9.17, 15) is 0 Å². The van der Waals surface area contributed by atoms with Gasteiger partial charge in [-0.25, -0.2) is 9.97 Å². The van der Waals surface area contributed by atoms with Gasteiger partial charge < -0.3 is 9.09 Å². The highest BCUT2D eigenvalue weighted by Crippen LogP contribution is 2.22. The maximum atomic E-state index is 5.92. The molecule has 0 radical (unpaired) electrons. The molecule has 0 fully saturated rings. The molecule has 0 aliphatic carbocycles. The van der Waals surface area contributed by atoms with Crippen molar-refractivity contribution in [2.24, 2.45) is 0 Å². The van der Waals surface area contributed by atoms with Crippen LogP contribution in [0.5, 0.6) is 0 Å². The Labute approximate surface area is 127 Å². The Bertz CT molecular complexity index is 771. The smallest absolute Gasteiger partial charge is 0.160 e. The van der Waals surface area contributed by atoms with E-state index in [4.69, 9.17) is 21.1 Å². The van der Waals surface area contributed by atoms with Crippen LogP contribution in [0.2, 0.25) is 0 Å². The molecule has 3 rings (SSSR count). The van der Waals surface area contributed by atoms with Gasteiger partial charge in [0, 0.05) is 24.1 Å². The fourth-order valence-electron chi connectivity index (χ4n) is 2.51. The van der Waals surface area contributed by atoms with Crippen molar-refractivity contribution >= 4 is 22.8 Å². The van der Waals surface area contributed by atoms with E-state index in [-0.39, 0.29) is 0 Å². The van der Waals surface area contributed by atoms with Gasteiger partial charge >= 0.3 is 0 Å². The third kappa shape index (κ3) is 2.42. The molecule has 0 aliphatic heterocycles. The first-order chi connectivity index (χ1) is 10.1. The highest BCUT2D eigenvalue weighted by Gasteiger charge is 2.17. The molecule has 5 nitrogen and oxygen atoms in total. The van der Waals surface area contributed by atoms with E-state index in [0.717, 1.165) is 39.6 Å². The number of aryl methyl sites for hydroxylation is 4. The fraction of sp³-hybridized carbons (Fsp3) is 0.400. The first-order valence-electron chi connectivity index (χ1n) is 6.90. The molecule has 0 bridgehead atoms. The number of pyridine rings is 1. The van der Waals surface area contributed by atoms with Gasteiger partial charge in [0.1, 0.15) is 17.1 Å². The topological polar surface area (TPSA) is 56.7 Å². The lowest BCUT2D eigenvalue weighted by Crippen LogP contribution is -2.08. The molecule has 0 aliphatic rings. The summed E-state index contributed by atoms with van der Waals surface area (Å²) in [5, 5.41) is 4.01. The molecule has 3 aromatic rings. The Kier molecular flexibility index (Phi) is 3.68. The van der Waals surface area contributed by atoms with Crippen molar-refractivity contribution < 1.29 is 4.52 Å². The van der Waals surface area contributed by atoms with Gasteiger partial charge in [-0.15, -0.1) is 11.6 Å². The van der Waals surface area contributed by atoms with Crippen molar-refractivity contribution in [1.82, 2.24) is 19.7 Å². The van der Waals surface area contributed by atoms with Crippen molar-refractivity contribution in [2.45, 2.75) is 33.7 Å². The van der Waals surface area contributed by atoms with Crippen LogP contribution < -0.4 is 0 Å². The summed E-state index contributed by atoms with van der Waals surface area (Å²) >= 11 is 5.92. The number of alkyl halides is 1. The molecule has 0 saturated carbocycles. The molecular weight excluding hydrogens is 288 g/mol. The second-order valence-corrected chi connectivity index (χ2v) is 5.53. The summed E-state index contributed by atoms with van der Waals surface area (Å²) in [7, 11) is 0. The second-order valence-electron chi connectivity index (χ2n) is 5.16. The Hall–Kier alpha value is -1.88. The van der Waals surface area contributed by atoms with E-state index in [2.05, 4.69) is 14.7 Å². The number of aromatic nitrogens is 4. The molecule has 0 aromatic carbocycles. The van der Waals surface area contributed by atoms with Crippen molar-refractivity contribution in [1.29, 1.82) is 0 Å². The summed E-state index contributed by atoms with van der Waals surface area (Å²) in [5.41, 5.74) is 4.92. The second kappa shape index (κ2) is 5.48. The minimum Gasteiger partial charge on any atom is -0.361 e. The lowest BCUT2D eigenvalue weighted by atomic mass is 10.2. The SMILES string of the molecule is Cc1noc(C)c1Cn1c(CCCl)nc2c(C)ccnc21. The lowest BCUT2D eigenvalue weighted by molar-refractivity contribution is 0.392. The largest absolute Gasteiger partial charge is 0.361 e. The van der Waals surface area contributed by atoms with Crippen LogP contribution in [0.4, 0.5) is 0 Å². The molecule has 3 heterocycles. The minimum absolute atomic E-state index is 0.532. The van der Waals surface area contributed by atoms with E-state index < -0.39 is 0 Å². The molecule has 0 saturated heterocycles. The number of halogens is 1. The van der Waals surface area contributed by atoms with Gasteiger partial charge in [-0.1, -0.05) is 5.16 Å². The van der Waals surface area contributed by atoms with Gasteiger partial charge in [0.15, 0.2) is 5.65 Å². The van der Waals surface area contributed by atoms with Gasteiger partial charge in [0.2, 0.25) is 0 Å². The third-order valence-corrected chi connectivity index (χ3v) is 3.92. The number of hydrogen-bond acceptors (Lipinski definition) is 4. The number of fused-ring (bicyclic) bond motifs is 1. The molecule has 0 unspecified atom stereocenters. The average molecular weight is 305 g/mol. The van der Waals surface area contributed by atoms with Crippen molar-refractivity contribution in [3.05, 3.63) is 40.7 Å². The predicted octanol–water partition coefficient (Wildman–Crippen LogP) is 3.17. The van der Waals surface area contributed by atoms with Crippen LogP contribution in [0.1, 0.15) is 28.4 Å². The molecule has 3 aromatic heterocycles. The van der Waals surface area contributed by atoms with Crippen LogP contribution in [0.3, 0.4) is 0 Å². The van der Waals surface area contributed by atoms with Crippen LogP contribution in [-0.4, -0.2) is 25.6 Å². The Morgan fingerprint density at radius 2 is 2.10 bits per heavy atom. The van der Waals surface area contributed by atoms with E-state index in [0.29, 0.717) is 18.8 Å². The lowest BCUT2D eigenvalue weighted by Gasteiger charge is -2.07. The normalized spacial score (nSPS) is 11.4. The fourth-order valence-corrected chi connectivity index (χ4v) is 2.68. The summed E-state index contributed by atoms with van der Waals surface area (Å²) in [4.78, 5) is 9.20. The molecule has 110 valence electrons. The highest BCUT2D eigenvalue weighted by atomic mass is 35.5. The predicted molar refractivity (Wildman–Crippen MR) is 81.8 cm³/mol. The highest BCUT2D eigenvalue weighted by molar-refractivity contribution is 6.17. The minimum atomic E-state index is 0.532. The summed E-state index contributed by atoms with van der Waals surface area (Å²) in [6, 6.07) is 1.97. The number of rotatable bonds is 4. The van der Waals surface area contributed by atoms with Crippen molar-refractivity contribution in [3.63, 3.8) is 0 Å². The number of hydrogen-bond donors (Lipinski definition) is 0. The molecule has 0 spiro atoms. The number of imidazole rings is 1. The summed E-state index contributed by atoms with van der Waals surface area (Å²) in [6.07, 6.45) is 2.52. The van der Waals surface area contributed by atoms with Crippen LogP contribution in [0.25, 0.3) is 11.2 Å². The van der Waals surface area contributed by atoms with E-state index >= 15 is 0 Å². The molecule has 0 atom stereocenters. The monoisotopic (exact) mass is 304 g/mol. The van der Waals surface area contributed by atoms with E-state index in [1.807, 2.05) is 33.0 Å². The Balaban J connectivity index is 2.16. The van der Waals surface area contributed by atoms with E-state index in [1.54, 1.807) is 0 Å². The molecule has 21 heavy (non-hydrogen) atoms. The zero-order valence-corrected chi connectivity index (χ0v) is 13.1. The van der Waals surface area contributed by atoms with Gasteiger partial charge in [-0.2, -0.15) is 0 Å². The average Bonchev–Trinajstić information content (AvgIpc) is 2.96. The van der Waals surface area contributed by atoms with Gasteiger partial charge in [-0.3, -0.25) is 0 Å². The van der Waals surface area contributed by atoms with Crippen LogP contribution in [-0.2, 0) is 13.0 Å². The molecular formula is C15H17ClN4O. The standard InChI is InChI=1S/C15H17ClN4O/c1-9-5-7-17-15-14(9)18-13(4-6-16)20(15)8-12-10(2)19-21-11(12)3/h5,7H,4,6,8H2,1-3H3. The zero-order valence-electron chi connectivity index (χ0n) is 12.4. The molecule has 0 N–H and O–H groups in total. The van der Waals surface area contributed by atoms with Crippen molar-refractivity contribution in [3.8, 4) is 0 Å². The van der Waals surface area contributed by atoms with Crippen molar-refractivity contribution in [2.75, 3.05) is 5.88 Å². The first-order valence-corrected chi connectivity index (χ1v) is 7.43. The number of nitrogens with zero attached hydrogens (tertiary/aromatic N) is 4. The molecule has 0 amide bonds. The summed E-state index contributed by atoms with van der Waals surface area (Å²) in [5.74, 6) is 2.31.